The van der Waals surface area contributed by atoms with Gasteiger partial charge in [-0.05, 0) is 42.6 Å². The molecule has 0 saturated heterocycles. The Kier molecular flexibility index (Phi) is 4.41. The van der Waals surface area contributed by atoms with E-state index in [1.807, 2.05) is 17.5 Å². The standard InChI is InChI=1S/C13H14N2O3S2/c1-10(13-4-3-9-19-13)14-15-20(16,17)12-7-5-11(18-2)6-8-12/h3-9,15H,1-2H3/b14-10-. The van der Waals surface area contributed by atoms with Gasteiger partial charge >= 0.3 is 0 Å². The van der Waals surface area contributed by atoms with Crippen molar-refractivity contribution in [2.75, 3.05) is 7.11 Å². The summed E-state index contributed by atoms with van der Waals surface area (Å²) in [5, 5.41) is 5.82. The number of rotatable bonds is 5. The summed E-state index contributed by atoms with van der Waals surface area (Å²) in [5.41, 5.74) is 0.622. The summed E-state index contributed by atoms with van der Waals surface area (Å²) in [6, 6.07) is 9.88. The highest BCUT2D eigenvalue weighted by Gasteiger charge is 2.13. The Hall–Kier alpha value is -1.86. The molecule has 0 saturated carbocycles. The Bertz CT molecular complexity index is 690. The molecule has 1 heterocycles. The van der Waals surface area contributed by atoms with E-state index in [1.165, 1.54) is 30.6 Å². The van der Waals surface area contributed by atoms with E-state index in [2.05, 4.69) is 9.93 Å². The topological polar surface area (TPSA) is 67.8 Å². The number of nitrogens with zero attached hydrogens (tertiary/aromatic N) is 1. The molecule has 0 unspecified atom stereocenters. The number of hydrogen-bond acceptors (Lipinski definition) is 5. The molecule has 0 atom stereocenters. The SMILES string of the molecule is COc1ccc(S(=O)(=O)N/N=C(/C)c2cccs2)cc1. The summed E-state index contributed by atoms with van der Waals surface area (Å²) in [5.74, 6) is 0.599. The van der Waals surface area contributed by atoms with Crippen LogP contribution in [0.15, 0.2) is 51.8 Å². The predicted molar refractivity (Wildman–Crippen MR) is 79.8 cm³/mol. The van der Waals surface area contributed by atoms with E-state index in [9.17, 15) is 8.42 Å². The zero-order valence-electron chi connectivity index (χ0n) is 11.0. The van der Waals surface area contributed by atoms with Gasteiger partial charge < -0.3 is 4.74 Å². The Morgan fingerprint density at radius 3 is 2.50 bits per heavy atom. The van der Waals surface area contributed by atoms with E-state index in [-0.39, 0.29) is 4.90 Å². The van der Waals surface area contributed by atoms with Crippen molar-refractivity contribution in [3.63, 3.8) is 0 Å². The molecule has 0 aliphatic rings. The van der Waals surface area contributed by atoms with Gasteiger partial charge in [0.2, 0.25) is 0 Å². The van der Waals surface area contributed by atoms with Gasteiger partial charge in [0.25, 0.3) is 10.0 Å². The van der Waals surface area contributed by atoms with Crippen molar-refractivity contribution >= 4 is 27.1 Å². The smallest absolute Gasteiger partial charge is 0.276 e. The van der Waals surface area contributed by atoms with E-state index in [4.69, 9.17) is 4.74 Å². The van der Waals surface area contributed by atoms with Gasteiger partial charge in [0, 0.05) is 0 Å². The third-order valence-corrected chi connectivity index (χ3v) is 4.78. The molecule has 20 heavy (non-hydrogen) atoms. The largest absolute Gasteiger partial charge is 0.497 e. The summed E-state index contributed by atoms with van der Waals surface area (Å²) in [7, 11) is -2.14. The first-order valence-electron chi connectivity index (χ1n) is 5.77. The monoisotopic (exact) mass is 310 g/mol. The van der Waals surface area contributed by atoms with E-state index in [0.717, 1.165) is 4.88 Å². The number of ether oxygens (including phenoxy) is 1. The van der Waals surface area contributed by atoms with Gasteiger partial charge in [-0.2, -0.15) is 18.4 Å². The Balaban J connectivity index is 2.16. The summed E-state index contributed by atoms with van der Waals surface area (Å²) < 4.78 is 29.1. The van der Waals surface area contributed by atoms with Crippen molar-refractivity contribution in [3.8, 4) is 5.75 Å². The van der Waals surface area contributed by atoms with Crippen LogP contribution in [0.1, 0.15) is 11.8 Å². The summed E-state index contributed by atoms with van der Waals surface area (Å²) in [4.78, 5) is 3.29. The van der Waals surface area contributed by atoms with Gasteiger partial charge in [-0.1, -0.05) is 6.07 Å². The van der Waals surface area contributed by atoms with Gasteiger partial charge in [-0.15, -0.1) is 11.3 Å². The highest BCUT2D eigenvalue weighted by molar-refractivity contribution is 7.89. The average Bonchev–Trinajstić information content (AvgIpc) is 2.99. The lowest BCUT2D eigenvalue weighted by Gasteiger charge is -2.05. The van der Waals surface area contributed by atoms with Crippen molar-refractivity contribution in [1.82, 2.24) is 4.83 Å². The summed E-state index contributed by atoms with van der Waals surface area (Å²) in [6.07, 6.45) is 0. The molecule has 0 aliphatic heterocycles. The first kappa shape index (κ1) is 14.5. The van der Waals surface area contributed by atoms with Crippen LogP contribution in [0.25, 0.3) is 0 Å². The second-order valence-corrected chi connectivity index (χ2v) is 6.55. The van der Waals surface area contributed by atoms with Crippen molar-refractivity contribution in [2.24, 2.45) is 5.10 Å². The number of hydrogen-bond donors (Lipinski definition) is 1. The summed E-state index contributed by atoms with van der Waals surface area (Å²) >= 11 is 1.50. The number of nitrogens with one attached hydrogen (secondary N) is 1. The summed E-state index contributed by atoms with van der Waals surface area (Å²) in [6.45, 7) is 1.75. The van der Waals surface area contributed by atoms with Gasteiger partial charge in [0.05, 0.1) is 22.6 Å². The van der Waals surface area contributed by atoms with Crippen molar-refractivity contribution in [3.05, 3.63) is 46.7 Å². The molecule has 1 N–H and O–H groups in total. The van der Waals surface area contributed by atoms with Crippen molar-refractivity contribution in [2.45, 2.75) is 11.8 Å². The van der Waals surface area contributed by atoms with Crippen LogP contribution in [-0.4, -0.2) is 21.2 Å². The number of methoxy groups -OCH3 is 1. The molecule has 2 rings (SSSR count). The van der Waals surface area contributed by atoms with Crippen LogP contribution in [0.5, 0.6) is 5.75 Å². The fourth-order valence-corrected chi connectivity index (χ4v) is 3.01. The third kappa shape index (κ3) is 3.37. The van der Waals surface area contributed by atoms with Gasteiger partial charge in [-0.25, -0.2) is 0 Å². The Labute approximate surface area is 122 Å². The fourth-order valence-electron chi connectivity index (χ4n) is 1.48. The third-order valence-electron chi connectivity index (χ3n) is 2.58. The molecule has 5 nitrogen and oxygen atoms in total. The Morgan fingerprint density at radius 2 is 1.95 bits per heavy atom. The molecule has 1 aromatic heterocycles. The van der Waals surface area contributed by atoms with Crippen LogP contribution in [0.4, 0.5) is 0 Å². The van der Waals surface area contributed by atoms with Crippen LogP contribution < -0.4 is 9.57 Å². The zero-order chi connectivity index (χ0) is 14.6. The first-order valence-corrected chi connectivity index (χ1v) is 8.13. The van der Waals surface area contributed by atoms with Crippen LogP contribution in [0, 0.1) is 0 Å². The maximum absolute atomic E-state index is 12.1. The van der Waals surface area contributed by atoms with E-state index in [0.29, 0.717) is 11.5 Å². The highest BCUT2D eigenvalue weighted by atomic mass is 32.2. The van der Waals surface area contributed by atoms with E-state index in [1.54, 1.807) is 19.1 Å². The molecule has 0 amide bonds. The first-order chi connectivity index (χ1) is 9.53. The Morgan fingerprint density at radius 1 is 1.25 bits per heavy atom. The second-order valence-electron chi connectivity index (χ2n) is 3.94. The molecule has 1 aromatic carbocycles. The predicted octanol–water partition coefficient (Wildman–Crippen LogP) is 2.46. The van der Waals surface area contributed by atoms with Crippen molar-refractivity contribution < 1.29 is 13.2 Å². The fraction of sp³-hybridized carbons (Fsp3) is 0.154. The van der Waals surface area contributed by atoms with E-state index >= 15 is 0 Å². The molecule has 0 fully saturated rings. The van der Waals surface area contributed by atoms with Gasteiger partial charge in [0.1, 0.15) is 5.75 Å². The highest BCUT2D eigenvalue weighted by Crippen LogP contribution is 2.15. The lowest BCUT2D eigenvalue weighted by atomic mass is 10.3. The normalized spacial score (nSPS) is 12.2. The lowest BCUT2D eigenvalue weighted by Crippen LogP contribution is -2.19. The maximum atomic E-state index is 12.1. The minimum Gasteiger partial charge on any atom is -0.497 e. The average molecular weight is 310 g/mol. The second kappa shape index (κ2) is 6.06. The minimum atomic E-state index is -3.66. The number of sulfonamides is 1. The zero-order valence-corrected chi connectivity index (χ0v) is 12.7. The molecule has 0 aliphatic carbocycles. The lowest BCUT2D eigenvalue weighted by molar-refractivity contribution is 0.414. The van der Waals surface area contributed by atoms with Crippen LogP contribution >= 0.6 is 11.3 Å². The van der Waals surface area contributed by atoms with Crippen LogP contribution in [0.3, 0.4) is 0 Å². The molecule has 0 radical (unpaired) electrons. The molecule has 0 spiro atoms. The van der Waals surface area contributed by atoms with Crippen LogP contribution in [-0.2, 0) is 10.0 Å². The van der Waals surface area contributed by atoms with Gasteiger partial charge in [0.15, 0.2) is 0 Å². The molecule has 106 valence electrons. The number of benzene rings is 1. The number of thiophene rings is 1. The molecule has 7 heteroatoms. The molecule has 2 aromatic rings. The number of hydrazone groups is 1. The van der Waals surface area contributed by atoms with Crippen LogP contribution in [0.2, 0.25) is 0 Å². The van der Waals surface area contributed by atoms with Crippen molar-refractivity contribution in [1.29, 1.82) is 0 Å². The molecule has 0 bridgehead atoms. The minimum absolute atomic E-state index is 0.140. The van der Waals surface area contributed by atoms with E-state index < -0.39 is 10.0 Å². The quantitative estimate of drug-likeness (QED) is 0.681. The maximum Gasteiger partial charge on any atom is 0.276 e. The molecular weight excluding hydrogens is 296 g/mol. The molecular formula is C13H14N2O3S2. The van der Waals surface area contributed by atoms with Gasteiger partial charge in [-0.3, -0.25) is 0 Å².